The van der Waals surface area contributed by atoms with Gasteiger partial charge in [-0.3, -0.25) is 0 Å². The fraction of sp³-hybridized carbons (Fsp3) is 1.00. The first-order chi connectivity index (χ1) is 9.62. The van der Waals surface area contributed by atoms with Crippen LogP contribution in [0.25, 0.3) is 0 Å². The predicted octanol–water partition coefficient (Wildman–Crippen LogP) is 3.51. The van der Waals surface area contributed by atoms with Crippen molar-refractivity contribution in [1.29, 1.82) is 0 Å². The summed E-state index contributed by atoms with van der Waals surface area (Å²) in [4.78, 5) is 2.72. The van der Waals surface area contributed by atoms with Gasteiger partial charge in [-0.1, -0.05) is 26.7 Å². The molecule has 3 fully saturated rings. The molecule has 0 aromatic carbocycles. The minimum atomic E-state index is 0.489. The Morgan fingerprint density at radius 1 is 1.10 bits per heavy atom. The summed E-state index contributed by atoms with van der Waals surface area (Å²) in [5.41, 5.74) is 0. The van der Waals surface area contributed by atoms with Gasteiger partial charge in [0.2, 0.25) is 0 Å². The van der Waals surface area contributed by atoms with Gasteiger partial charge in [0.25, 0.3) is 0 Å². The fourth-order valence-corrected chi connectivity index (χ4v) is 5.41. The largest absolute Gasteiger partial charge is 0.310 e. The van der Waals surface area contributed by atoms with Crippen molar-refractivity contribution < 1.29 is 0 Å². The van der Waals surface area contributed by atoms with Gasteiger partial charge in [0.05, 0.1) is 0 Å². The van der Waals surface area contributed by atoms with Crippen LogP contribution in [0.1, 0.15) is 58.8 Å². The molecule has 1 N–H and O–H groups in total. The van der Waals surface area contributed by atoms with Crippen LogP contribution in [0.5, 0.6) is 0 Å². The van der Waals surface area contributed by atoms with Crippen LogP contribution in [0.4, 0.5) is 0 Å². The second-order valence-corrected chi connectivity index (χ2v) is 9.55. The molecule has 2 nitrogen and oxygen atoms in total. The molecular weight excluding hydrogens is 264 g/mol. The van der Waals surface area contributed by atoms with E-state index < -0.39 is 0 Å². The zero-order valence-corrected chi connectivity index (χ0v) is 14.2. The van der Waals surface area contributed by atoms with Crippen LogP contribution in [-0.2, 0) is 0 Å². The molecule has 116 valence electrons. The standard InChI is InChI=1S/C17H32N2S/c1-17(2)9-10-19(11-12-20-17)13-15-8-7-14-5-3-4-6-16(14)18-15/h14-16,18H,3-13H2,1-2H3. The van der Waals surface area contributed by atoms with Crippen LogP contribution in [0.15, 0.2) is 0 Å². The van der Waals surface area contributed by atoms with E-state index in [1.165, 1.54) is 70.3 Å². The Morgan fingerprint density at radius 3 is 2.85 bits per heavy atom. The van der Waals surface area contributed by atoms with Crippen LogP contribution < -0.4 is 5.32 Å². The summed E-state index contributed by atoms with van der Waals surface area (Å²) in [6.45, 7) is 8.70. The Balaban J connectivity index is 1.48. The molecule has 0 aromatic rings. The minimum Gasteiger partial charge on any atom is -0.310 e. The molecule has 0 aromatic heterocycles. The van der Waals surface area contributed by atoms with Gasteiger partial charge in [-0.25, -0.2) is 0 Å². The molecule has 0 spiro atoms. The molecule has 3 rings (SSSR count). The van der Waals surface area contributed by atoms with Crippen molar-refractivity contribution in [1.82, 2.24) is 10.2 Å². The van der Waals surface area contributed by atoms with E-state index in [1.807, 2.05) is 0 Å². The summed E-state index contributed by atoms with van der Waals surface area (Å²) >= 11 is 2.16. The maximum atomic E-state index is 4.00. The van der Waals surface area contributed by atoms with E-state index in [1.54, 1.807) is 0 Å². The highest BCUT2D eigenvalue weighted by Crippen LogP contribution is 2.33. The molecule has 3 heteroatoms. The molecule has 20 heavy (non-hydrogen) atoms. The van der Waals surface area contributed by atoms with Crippen LogP contribution in [-0.4, -0.2) is 47.1 Å². The predicted molar refractivity (Wildman–Crippen MR) is 89.5 cm³/mol. The Kier molecular flexibility index (Phi) is 4.99. The second kappa shape index (κ2) is 6.58. The van der Waals surface area contributed by atoms with E-state index in [-0.39, 0.29) is 0 Å². The zero-order valence-electron chi connectivity index (χ0n) is 13.4. The van der Waals surface area contributed by atoms with E-state index >= 15 is 0 Å². The number of hydrogen-bond acceptors (Lipinski definition) is 3. The number of rotatable bonds is 2. The summed E-state index contributed by atoms with van der Waals surface area (Å²) in [5, 5.41) is 4.00. The van der Waals surface area contributed by atoms with Gasteiger partial charge in [0.15, 0.2) is 0 Å². The lowest BCUT2D eigenvalue weighted by Crippen LogP contribution is -2.53. The Bertz CT molecular complexity index is 318. The normalized spacial score (nSPS) is 39.0. The average Bonchev–Trinajstić information content (AvgIpc) is 2.60. The number of nitrogens with one attached hydrogen (secondary N) is 1. The first-order valence-electron chi connectivity index (χ1n) is 8.75. The molecule has 2 saturated heterocycles. The van der Waals surface area contributed by atoms with Gasteiger partial charge < -0.3 is 10.2 Å². The first kappa shape index (κ1) is 15.2. The second-order valence-electron chi connectivity index (χ2n) is 7.75. The summed E-state index contributed by atoms with van der Waals surface area (Å²) in [7, 11) is 0. The third-order valence-electron chi connectivity index (χ3n) is 5.65. The SMILES string of the molecule is CC1(C)CCN(CC2CCC3CCCCC3N2)CCS1. The van der Waals surface area contributed by atoms with Crippen molar-refractivity contribution in [3.8, 4) is 0 Å². The molecule has 0 radical (unpaired) electrons. The fourth-order valence-electron chi connectivity index (χ4n) is 4.27. The molecular formula is C17H32N2S. The molecule has 3 unspecified atom stereocenters. The van der Waals surface area contributed by atoms with Gasteiger partial charge in [-0.2, -0.15) is 11.8 Å². The number of nitrogens with zero attached hydrogens (tertiary/aromatic N) is 1. The van der Waals surface area contributed by atoms with Crippen molar-refractivity contribution in [2.75, 3.05) is 25.4 Å². The third-order valence-corrected chi connectivity index (χ3v) is 7.03. The van der Waals surface area contributed by atoms with Gasteiger partial charge in [0.1, 0.15) is 0 Å². The smallest absolute Gasteiger partial charge is 0.0197 e. The van der Waals surface area contributed by atoms with Gasteiger partial charge in [0, 0.05) is 35.7 Å². The molecule has 0 amide bonds. The van der Waals surface area contributed by atoms with E-state index in [0.29, 0.717) is 4.75 Å². The van der Waals surface area contributed by atoms with E-state index in [9.17, 15) is 0 Å². The third kappa shape index (κ3) is 3.92. The Labute approximate surface area is 129 Å². The maximum absolute atomic E-state index is 4.00. The minimum absolute atomic E-state index is 0.489. The van der Waals surface area contributed by atoms with Crippen molar-refractivity contribution in [3.63, 3.8) is 0 Å². The molecule has 0 bridgehead atoms. The molecule has 2 aliphatic heterocycles. The van der Waals surface area contributed by atoms with E-state index in [2.05, 4.69) is 35.8 Å². The average molecular weight is 297 g/mol. The molecule has 3 aliphatic rings. The topological polar surface area (TPSA) is 15.3 Å². The molecule has 2 heterocycles. The first-order valence-corrected chi connectivity index (χ1v) is 9.73. The zero-order chi connectivity index (χ0) is 14.0. The van der Waals surface area contributed by atoms with E-state index in [0.717, 1.165) is 18.0 Å². The molecule has 1 saturated carbocycles. The highest BCUT2D eigenvalue weighted by Gasteiger charge is 2.32. The van der Waals surface area contributed by atoms with Crippen LogP contribution in [0, 0.1) is 5.92 Å². The van der Waals surface area contributed by atoms with Crippen LogP contribution in [0.3, 0.4) is 0 Å². The molecule has 1 aliphatic carbocycles. The Morgan fingerprint density at radius 2 is 1.95 bits per heavy atom. The van der Waals surface area contributed by atoms with Crippen molar-refractivity contribution in [2.45, 2.75) is 75.6 Å². The lowest BCUT2D eigenvalue weighted by Gasteiger charge is -2.42. The maximum Gasteiger partial charge on any atom is 0.0197 e. The number of fused-ring (bicyclic) bond motifs is 1. The van der Waals surface area contributed by atoms with Gasteiger partial charge >= 0.3 is 0 Å². The quantitative estimate of drug-likeness (QED) is 0.839. The van der Waals surface area contributed by atoms with Crippen LogP contribution in [0.2, 0.25) is 0 Å². The molecule has 3 atom stereocenters. The lowest BCUT2D eigenvalue weighted by molar-refractivity contribution is 0.145. The highest BCUT2D eigenvalue weighted by atomic mass is 32.2. The summed E-state index contributed by atoms with van der Waals surface area (Å²) in [6.07, 6.45) is 10.1. The summed E-state index contributed by atoms with van der Waals surface area (Å²) < 4.78 is 0.489. The van der Waals surface area contributed by atoms with E-state index in [4.69, 9.17) is 0 Å². The summed E-state index contributed by atoms with van der Waals surface area (Å²) in [5.74, 6) is 2.31. The van der Waals surface area contributed by atoms with Crippen molar-refractivity contribution >= 4 is 11.8 Å². The van der Waals surface area contributed by atoms with Crippen molar-refractivity contribution in [3.05, 3.63) is 0 Å². The monoisotopic (exact) mass is 296 g/mol. The number of thioether (sulfide) groups is 1. The van der Waals surface area contributed by atoms with Gasteiger partial charge in [-0.05, 0) is 44.6 Å². The Hall–Kier alpha value is 0.270. The van der Waals surface area contributed by atoms with Crippen LogP contribution >= 0.6 is 11.8 Å². The summed E-state index contributed by atoms with van der Waals surface area (Å²) in [6, 6.07) is 1.61. The number of hydrogen-bond donors (Lipinski definition) is 1. The number of piperidine rings is 1. The highest BCUT2D eigenvalue weighted by molar-refractivity contribution is 8.00. The van der Waals surface area contributed by atoms with Crippen molar-refractivity contribution in [2.24, 2.45) is 5.92 Å². The lowest BCUT2D eigenvalue weighted by atomic mass is 9.77. The van der Waals surface area contributed by atoms with Gasteiger partial charge in [-0.15, -0.1) is 0 Å².